The van der Waals surface area contributed by atoms with Crippen molar-refractivity contribution in [3.8, 4) is 5.75 Å². The molecule has 2 rings (SSSR count). The largest absolute Gasteiger partial charge is 0.497 e. The van der Waals surface area contributed by atoms with E-state index in [4.69, 9.17) is 16.3 Å². The molecule has 6 nitrogen and oxygen atoms in total. The molecule has 0 bridgehead atoms. The summed E-state index contributed by atoms with van der Waals surface area (Å²) in [6.45, 7) is 3.61. The minimum atomic E-state index is -0.333. The van der Waals surface area contributed by atoms with E-state index in [-0.39, 0.29) is 24.7 Å². The van der Waals surface area contributed by atoms with Gasteiger partial charge in [-0.15, -0.1) is 0 Å². The second-order valence-corrected chi connectivity index (χ2v) is 6.33. The van der Waals surface area contributed by atoms with Gasteiger partial charge in [0.05, 0.1) is 12.8 Å². The molecule has 0 saturated carbocycles. The van der Waals surface area contributed by atoms with E-state index >= 15 is 0 Å². The molecular formula is C20H22ClN3O3. The van der Waals surface area contributed by atoms with Crippen molar-refractivity contribution in [2.45, 2.75) is 26.7 Å². The van der Waals surface area contributed by atoms with Crippen LogP contribution in [0, 0.1) is 6.92 Å². The summed E-state index contributed by atoms with van der Waals surface area (Å²) in [4.78, 5) is 23.9. The van der Waals surface area contributed by atoms with Crippen LogP contribution in [0.3, 0.4) is 0 Å². The molecule has 0 spiro atoms. The highest BCUT2D eigenvalue weighted by molar-refractivity contribution is 6.31. The van der Waals surface area contributed by atoms with Gasteiger partial charge < -0.3 is 10.1 Å². The third-order valence-corrected chi connectivity index (χ3v) is 4.39. The zero-order valence-electron chi connectivity index (χ0n) is 15.5. The number of nitrogens with zero attached hydrogens (tertiary/aromatic N) is 1. The van der Waals surface area contributed by atoms with E-state index in [0.717, 1.165) is 16.9 Å². The van der Waals surface area contributed by atoms with Gasteiger partial charge in [0.2, 0.25) is 11.8 Å². The predicted molar refractivity (Wildman–Crippen MR) is 107 cm³/mol. The third kappa shape index (κ3) is 6.11. The fourth-order valence-corrected chi connectivity index (χ4v) is 2.46. The van der Waals surface area contributed by atoms with Gasteiger partial charge in [-0.25, -0.2) is 5.43 Å². The Morgan fingerprint density at radius 3 is 2.41 bits per heavy atom. The molecule has 0 fully saturated rings. The number of hydrazone groups is 1. The Bertz CT molecular complexity index is 848. The van der Waals surface area contributed by atoms with Crippen molar-refractivity contribution < 1.29 is 14.3 Å². The Morgan fingerprint density at radius 2 is 1.74 bits per heavy atom. The first-order chi connectivity index (χ1) is 12.9. The number of ether oxygens (including phenoxy) is 1. The first-order valence-electron chi connectivity index (χ1n) is 8.43. The number of amides is 2. The SMILES string of the molecule is COc1ccc(/C(C)=N/NC(=O)CCC(=O)Nc2cccc(Cl)c2C)cc1. The first-order valence-corrected chi connectivity index (χ1v) is 8.81. The van der Waals surface area contributed by atoms with Crippen molar-refractivity contribution in [1.29, 1.82) is 0 Å². The van der Waals surface area contributed by atoms with Crippen LogP contribution in [0.5, 0.6) is 5.75 Å². The fraction of sp³-hybridized carbons (Fsp3) is 0.250. The quantitative estimate of drug-likeness (QED) is 0.558. The molecule has 0 unspecified atom stereocenters. The first kappa shape index (κ1) is 20.5. The van der Waals surface area contributed by atoms with Gasteiger partial charge in [0.25, 0.3) is 0 Å². The molecule has 0 saturated heterocycles. The molecule has 0 aromatic heterocycles. The second-order valence-electron chi connectivity index (χ2n) is 5.92. The van der Waals surface area contributed by atoms with Gasteiger partial charge in [-0.05, 0) is 61.4 Å². The highest BCUT2D eigenvalue weighted by atomic mass is 35.5. The lowest BCUT2D eigenvalue weighted by atomic mass is 10.1. The average molecular weight is 388 g/mol. The summed E-state index contributed by atoms with van der Waals surface area (Å²) in [6.07, 6.45) is 0.0831. The van der Waals surface area contributed by atoms with Gasteiger partial charge >= 0.3 is 0 Å². The minimum absolute atomic E-state index is 0.0326. The van der Waals surface area contributed by atoms with E-state index in [1.54, 1.807) is 32.2 Å². The molecule has 2 amide bonds. The summed E-state index contributed by atoms with van der Waals surface area (Å²) in [5, 5.41) is 7.40. The molecule has 2 aromatic rings. The van der Waals surface area contributed by atoms with Crippen LogP contribution in [-0.2, 0) is 9.59 Å². The Balaban J connectivity index is 1.82. The highest BCUT2D eigenvalue weighted by Gasteiger charge is 2.09. The van der Waals surface area contributed by atoms with Gasteiger partial charge in [-0.1, -0.05) is 17.7 Å². The molecular weight excluding hydrogens is 366 g/mol. The molecule has 0 atom stereocenters. The number of carbonyl (C=O) groups is 2. The number of hydrogen-bond acceptors (Lipinski definition) is 4. The number of nitrogens with one attached hydrogen (secondary N) is 2. The number of methoxy groups -OCH3 is 1. The van der Waals surface area contributed by atoms with E-state index in [2.05, 4.69) is 15.8 Å². The molecule has 0 aliphatic heterocycles. The normalized spacial score (nSPS) is 11.0. The van der Waals surface area contributed by atoms with Crippen molar-refractivity contribution >= 4 is 34.8 Å². The molecule has 0 radical (unpaired) electrons. The summed E-state index contributed by atoms with van der Waals surface area (Å²) in [6, 6.07) is 12.6. The van der Waals surface area contributed by atoms with Crippen molar-refractivity contribution in [2.75, 3.05) is 12.4 Å². The lowest BCUT2D eigenvalue weighted by molar-refractivity contribution is -0.124. The van der Waals surface area contributed by atoms with Gasteiger partial charge in [-0.3, -0.25) is 9.59 Å². The highest BCUT2D eigenvalue weighted by Crippen LogP contribution is 2.23. The standard InChI is InChI=1S/C20H22ClN3O3/c1-13-17(21)5-4-6-18(13)22-19(25)11-12-20(26)24-23-14(2)15-7-9-16(27-3)10-8-15/h4-10H,11-12H2,1-3H3,(H,22,25)(H,24,26)/b23-14+. The Kier molecular flexibility index (Phi) is 7.37. The zero-order chi connectivity index (χ0) is 19.8. The number of anilines is 1. The lowest BCUT2D eigenvalue weighted by Crippen LogP contribution is -2.22. The van der Waals surface area contributed by atoms with E-state index < -0.39 is 0 Å². The van der Waals surface area contributed by atoms with Gasteiger partial charge in [0.1, 0.15) is 5.75 Å². The number of hydrogen-bond donors (Lipinski definition) is 2. The van der Waals surface area contributed by atoms with Crippen molar-refractivity contribution in [2.24, 2.45) is 5.10 Å². The smallest absolute Gasteiger partial charge is 0.240 e. The zero-order valence-corrected chi connectivity index (χ0v) is 16.3. The average Bonchev–Trinajstić information content (AvgIpc) is 2.68. The van der Waals surface area contributed by atoms with Crippen LogP contribution in [0.2, 0.25) is 5.02 Å². The van der Waals surface area contributed by atoms with Crippen LogP contribution >= 0.6 is 11.6 Å². The maximum atomic E-state index is 12.0. The monoisotopic (exact) mass is 387 g/mol. The summed E-state index contributed by atoms with van der Waals surface area (Å²) in [5.41, 5.74) is 5.42. The maximum Gasteiger partial charge on any atom is 0.240 e. The second kappa shape index (κ2) is 9.73. The van der Waals surface area contributed by atoms with Crippen LogP contribution in [0.4, 0.5) is 5.69 Å². The summed E-state index contributed by atoms with van der Waals surface area (Å²) < 4.78 is 5.10. The summed E-state index contributed by atoms with van der Waals surface area (Å²) in [7, 11) is 1.60. The van der Waals surface area contributed by atoms with Crippen LogP contribution in [0.25, 0.3) is 0 Å². The number of carbonyl (C=O) groups excluding carboxylic acids is 2. The number of halogens is 1. The van der Waals surface area contributed by atoms with Gasteiger partial charge in [0.15, 0.2) is 0 Å². The van der Waals surface area contributed by atoms with Crippen molar-refractivity contribution in [3.63, 3.8) is 0 Å². The van der Waals surface area contributed by atoms with E-state index in [9.17, 15) is 9.59 Å². The molecule has 2 N–H and O–H groups in total. The maximum absolute atomic E-state index is 12.0. The molecule has 27 heavy (non-hydrogen) atoms. The Labute approximate surface area is 163 Å². The Hall–Kier alpha value is -2.86. The van der Waals surface area contributed by atoms with Crippen LogP contribution in [-0.4, -0.2) is 24.6 Å². The molecule has 142 valence electrons. The topological polar surface area (TPSA) is 79.8 Å². The van der Waals surface area contributed by atoms with Gasteiger partial charge in [-0.2, -0.15) is 5.10 Å². The number of benzene rings is 2. The third-order valence-electron chi connectivity index (χ3n) is 3.98. The molecule has 2 aromatic carbocycles. The molecule has 0 heterocycles. The molecule has 0 aliphatic carbocycles. The van der Waals surface area contributed by atoms with E-state index in [1.165, 1.54) is 0 Å². The summed E-state index contributed by atoms with van der Waals surface area (Å²) in [5.74, 6) is 0.156. The van der Waals surface area contributed by atoms with Crippen molar-refractivity contribution in [1.82, 2.24) is 5.43 Å². The van der Waals surface area contributed by atoms with Crippen molar-refractivity contribution in [3.05, 3.63) is 58.6 Å². The van der Waals surface area contributed by atoms with Crippen LogP contribution in [0.1, 0.15) is 30.9 Å². The van der Waals surface area contributed by atoms with Gasteiger partial charge in [0, 0.05) is 23.6 Å². The molecule has 0 aliphatic rings. The predicted octanol–water partition coefficient (Wildman–Crippen LogP) is 3.92. The Morgan fingerprint density at radius 1 is 1.07 bits per heavy atom. The fourth-order valence-electron chi connectivity index (χ4n) is 2.28. The lowest BCUT2D eigenvalue weighted by Gasteiger charge is -2.09. The minimum Gasteiger partial charge on any atom is -0.497 e. The van der Waals surface area contributed by atoms with Crippen LogP contribution < -0.4 is 15.5 Å². The van der Waals surface area contributed by atoms with E-state index in [1.807, 2.05) is 31.2 Å². The molecule has 7 heteroatoms. The van der Waals surface area contributed by atoms with E-state index in [0.29, 0.717) is 16.4 Å². The van der Waals surface area contributed by atoms with Crippen LogP contribution in [0.15, 0.2) is 47.6 Å². The summed E-state index contributed by atoms with van der Waals surface area (Å²) >= 11 is 6.03. The number of rotatable bonds is 7.